The molecule has 4 rings (SSSR count). The number of nitrogens with one attached hydrogen (secondary N) is 1. The number of ether oxygens (including phenoxy) is 1. The van der Waals surface area contributed by atoms with Crippen LogP contribution in [0, 0.1) is 0 Å². The lowest BCUT2D eigenvalue weighted by Gasteiger charge is -2.22. The highest BCUT2D eigenvalue weighted by molar-refractivity contribution is 5.94. The lowest BCUT2D eigenvalue weighted by atomic mass is 10.2. The summed E-state index contributed by atoms with van der Waals surface area (Å²) in [5, 5.41) is 12.2. The van der Waals surface area contributed by atoms with Gasteiger partial charge in [0.25, 0.3) is 5.56 Å². The van der Waals surface area contributed by atoms with E-state index < -0.39 is 0 Å². The fourth-order valence-electron chi connectivity index (χ4n) is 3.49. The van der Waals surface area contributed by atoms with Crippen LogP contribution in [0.3, 0.4) is 0 Å². The normalized spacial score (nSPS) is 12.5. The highest BCUT2D eigenvalue weighted by Crippen LogP contribution is 2.21. The molecule has 1 aliphatic heterocycles. The second-order valence-corrected chi connectivity index (χ2v) is 7.11. The van der Waals surface area contributed by atoms with Gasteiger partial charge in [-0.1, -0.05) is 18.2 Å². The Kier molecular flexibility index (Phi) is 5.94. The predicted molar refractivity (Wildman–Crippen MR) is 115 cm³/mol. The monoisotopic (exact) mass is 422 g/mol. The van der Waals surface area contributed by atoms with Gasteiger partial charge in [0.2, 0.25) is 17.8 Å². The summed E-state index contributed by atoms with van der Waals surface area (Å²) in [6, 6.07) is 14.2. The van der Waals surface area contributed by atoms with Gasteiger partial charge in [-0.25, -0.2) is 4.98 Å². The molecule has 0 fully saturated rings. The number of fused-ring (bicyclic) bond motifs is 2. The zero-order valence-electron chi connectivity index (χ0n) is 16.8. The summed E-state index contributed by atoms with van der Waals surface area (Å²) in [6.45, 7) is 0.352. The van der Waals surface area contributed by atoms with Gasteiger partial charge in [0.15, 0.2) is 0 Å². The van der Waals surface area contributed by atoms with Crippen molar-refractivity contribution in [3.8, 4) is 5.75 Å². The topological polar surface area (TPSA) is 114 Å². The number of anilines is 2. The average molecular weight is 422 g/mol. The molecule has 0 bridgehead atoms. The molecule has 0 aliphatic carbocycles. The molecule has 1 aliphatic rings. The van der Waals surface area contributed by atoms with E-state index in [1.807, 2.05) is 30.3 Å². The van der Waals surface area contributed by atoms with E-state index in [-0.39, 0.29) is 49.4 Å². The van der Waals surface area contributed by atoms with Crippen molar-refractivity contribution in [2.75, 3.05) is 30.0 Å². The zero-order valence-corrected chi connectivity index (χ0v) is 16.8. The van der Waals surface area contributed by atoms with E-state index in [1.165, 1.54) is 4.57 Å². The largest absolute Gasteiger partial charge is 0.494 e. The van der Waals surface area contributed by atoms with Crippen LogP contribution >= 0.6 is 0 Å². The molecule has 0 atom stereocenters. The third-order valence-electron chi connectivity index (χ3n) is 4.97. The summed E-state index contributed by atoms with van der Waals surface area (Å²) in [5.41, 5.74) is 0.912. The maximum Gasteiger partial charge on any atom is 0.263 e. The van der Waals surface area contributed by atoms with Crippen molar-refractivity contribution in [1.29, 1.82) is 0 Å². The van der Waals surface area contributed by atoms with Gasteiger partial charge < -0.3 is 14.7 Å². The van der Waals surface area contributed by atoms with Crippen LogP contribution in [0.4, 0.5) is 11.6 Å². The first-order chi connectivity index (χ1) is 15.1. The fourth-order valence-corrected chi connectivity index (χ4v) is 3.49. The molecule has 2 amide bonds. The summed E-state index contributed by atoms with van der Waals surface area (Å²) in [4.78, 5) is 42.6. The molecule has 160 valence electrons. The van der Waals surface area contributed by atoms with Crippen LogP contribution in [-0.4, -0.2) is 46.2 Å². The number of rotatable bonds is 8. The van der Waals surface area contributed by atoms with Gasteiger partial charge in [-0.2, -0.15) is 0 Å². The maximum absolute atomic E-state index is 12.6. The quantitative estimate of drug-likeness (QED) is 0.532. The fraction of sp³-hybridized carbons (Fsp3) is 0.273. The Balaban J connectivity index is 1.38. The summed E-state index contributed by atoms with van der Waals surface area (Å²) in [7, 11) is 0. The Bertz CT molecular complexity index is 1180. The number of hydrogen-bond acceptors (Lipinski definition) is 6. The van der Waals surface area contributed by atoms with E-state index in [9.17, 15) is 19.5 Å². The minimum absolute atomic E-state index is 0.0456. The molecule has 9 nitrogen and oxygen atoms in total. The Labute approximate surface area is 177 Å². The smallest absolute Gasteiger partial charge is 0.263 e. The maximum atomic E-state index is 12.6. The first kappa shape index (κ1) is 20.5. The van der Waals surface area contributed by atoms with Crippen molar-refractivity contribution >= 4 is 34.4 Å². The Morgan fingerprint density at radius 2 is 2.00 bits per heavy atom. The van der Waals surface area contributed by atoms with Crippen molar-refractivity contribution in [1.82, 2.24) is 9.55 Å². The first-order valence-corrected chi connectivity index (χ1v) is 10.0. The van der Waals surface area contributed by atoms with Crippen molar-refractivity contribution in [2.45, 2.75) is 19.4 Å². The number of carbonyl (C=O) groups excluding carboxylic acids is 2. The molecule has 31 heavy (non-hydrogen) atoms. The Morgan fingerprint density at radius 3 is 2.77 bits per heavy atom. The molecule has 0 spiro atoms. The van der Waals surface area contributed by atoms with Gasteiger partial charge in [0.1, 0.15) is 12.3 Å². The second-order valence-electron chi connectivity index (χ2n) is 7.11. The van der Waals surface area contributed by atoms with Crippen LogP contribution in [0.1, 0.15) is 12.8 Å². The van der Waals surface area contributed by atoms with Crippen LogP contribution in [0.5, 0.6) is 5.75 Å². The van der Waals surface area contributed by atoms with E-state index >= 15 is 0 Å². The van der Waals surface area contributed by atoms with E-state index in [0.717, 1.165) is 5.69 Å². The number of benzene rings is 2. The number of aliphatic hydroxyl groups excluding tert-OH is 1. The van der Waals surface area contributed by atoms with Gasteiger partial charge in [0, 0.05) is 18.7 Å². The Morgan fingerprint density at radius 1 is 1.19 bits per heavy atom. The lowest BCUT2D eigenvalue weighted by molar-refractivity contribution is -0.119. The van der Waals surface area contributed by atoms with Crippen LogP contribution in [0.25, 0.3) is 10.9 Å². The van der Waals surface area contributed by atoms with Gasteiger partial charge in [-0.3, -0.25) is 24.3 Å². The molecular weight excluding hydrogens is 400 g/mol. The van der Waals surface area contributed by atoms with Gasteiger partial charge in [-0.15, -0.1) is 0 Å². The highest BCUT2D eigenvalue weighted by Gasteiger charge is 2.21. The molecule has 0 radical (unpaired) electrons. The molecular formula is C22H22N4O5. The summed E-state index contributed by atoms with van der Waals surface area (Å²) < 4.78 is 7.02. The minimum Gasteiger partial charge on any atom is -0.494 e. The predicted octanol–water partition coefficient (Wildman–Crippen LogP) is 1.53. The standard InChI is InChI=1S/C22H22N4O5/c27-11-10-25(15-5-2-1-3-6-15)20(29)7-4-12-31-16-8-9-18-17(13-16)21(30)26-14-19(28)24-22(26)23-18/h1-3,5-6,8-9,13,27H,4,7,10-12,14H2,(H,23,24,28). The molecule has 1 aromatic heterocycles. The minimum atomic E-state index is -0.304. The molecule has 3 aromatic rings. The molecule has 2 N–H and O–H groups in total. The summed E-state index contributed by atoms with van der Waals surface area (Å²) in [6.07, 6.45) is 0.736. The van der Waals surface area contributed by atoms with Crippen LogP contribution in [-0.2, 0) is 16.1 Å². The first-order valence-electron chi connectivity index (χ1n) is 10.0. The van der Waals surface area contributed by atoms with E-state index in [4.69, 9.17) is 4.74 Å². The average Bonchev–Trinajstić information content (AvgIpc) is 3.16. The number of carbonyl (C=O) groups is 2. The van der Waals surface area contributed by atoms with Gasteiger partial charge in [-0.05, 0) is 36.8 Å². The van der Waals surface area contributed by atoms with Crippen molar-refractivity contribution in [2.24, 2.45) is 0 Å². The van der Waals surface area contributed by atoms with Crippen LogP contribution in [0.15, 0.2) is 53.3 Å². The van der Waals surface area contributed by atoms with Gasteiger partial charge in [0.05, 0.1) is 24.1 Å². The summed E-state index contributed by atoms with van der Waals surface area (Å²) in [5.74, 6) is 0.372. The molecule has 0 saturated heterocycles. The number of hydrogen-bond donors (Lipinski definition) is 2. The van der Waals surface area contributed by atoms with Gasteiger partial charge >= 0.3 is 0 Å². The third-order valence-corrected chi connectivity index (χ3v) is 4.97. The van der Waals surface area contributed by atoms with Crippen LogP contribution < -0.4 is 20.5 Å². The number of amides is 2. The van der Waals surface area contributed by atoms with E-state index in [0.29, 0.717) is 29.7 Å². The van der Waals surface area contributed by atoms with E-state index in [1.54, 1.807) is 23.1 Å². The lowest BCUT2D eigenvalue weighted by Crippen LogP contribution is -2.33. The third kappa shape index (κ3) is 4.41. The number of aromatic nitrogens is 2. The number of aliphatic hydroxyl groups is 1. The molecule has 9 heteroatoms. The molecule has 2 heterocycles. The molecule has 0 saturated carbocycles. The number of para-hydroxylation sites is 1. The van der Waals surface area contributed by atoms with Crippen molar-refractivity contribution < 1.29 is 19.4 Å². The number of nitrogens with zero attached hydrogens (tertiary/aromatic N) is 3. The van der Waals surface area contributed by atoms with Crippen molar-refractivity contribution in [3.05, 3.63) is 58.9 Å². The molecule has 2 aromatic carbocycles. The highest BCUT2D eigenvalue weighted by atomic mass is 16.5. The SMILES string of the molecule is O=C1Cn2c(nc3ccc(OCCCC(=O)N(CCO)c4ccccc4)cc3c2=O)N1. The second kappa shape index (κ2) is 8.97. The molecule has 0 unspecified atom stereocenters. The van der Waals surface area contributed by atoms with Crippen LogP contribution in [0.2, 0.25) is 0 Å². The van der Waals surface area contributed by atoms with E-state index in [2.05, 4.69) is 10.3 Å². The zero-order chi connectivity index (χ0) is 21.8. The Hall–Kier alpha value is -3.72. The van der Waals surface area contributed by atoms with Crippen molar-refractivity contribution in [3.63, 3.8) is 0 Å². The summed E-state index contributed by atoms with van der Waals surface area (Å²) >= 11 is 0.